The molecule has 0 atom stereocenters. The van der Waals surface area contributed by atoms with Crippen LogP contribution in [0.1, 0.15) is 51.3 Å². The minimum absolute atomic E-state index is 0.281. The molecule has 33 heavy (non-hydrogen) atoms. The van der Waals surface area contributed by atoms with E-state index in [4.69, 9.17) is 5.21 Å². The van der Waals surface area contributed by atoms with Crippen LogP contribution in [0.5, 0.6) is 0 Å². The summed E-state index contributed by atoms with van der Waals surface area (Å²) in [5.41, 5.74) is 4.64. The Morgan fingerprint density at radius 3 is 2.55 bits per heavy atom. The van der Waals surface area contributed by atoms with E-state index in [0.29, 0.717) is 6.54 Å². The fourth-order valence-corrected chi connectivity index (χ4v) is 2.71. The molecule has 0 aliphatic heterocycles. The van der Waals surface area contributed by atoms with Gasteiger partial charge in [0.15, 0.2) is 0 Å². The second kappa shape index (κ2) is 18.3. The predicted octanol–water partition coefficient (Wildman–Crippen LogP) is 5.80. The second-order valence-corrected chi connectivity index (χ2v) is 6.21. The third-order valence-corrected chi connectivity index (χ3v) is 4.04. The van der Waals surface area contributed by atoms with Gasteiger partial charge in [-0.3, -0.25) is 10.0 Å². The molecule has 1 aromatic carbocycles. The fourth-order valence-electron chi connectivity index (χ4n) is 2.71. The monoisotopic (exact) mass is 456 g/mol. The Balaban J connectivity index is 0.00000132. The molecule has 3 rings (SSSR count). The molecule has 6 nitrogen and oxygen atoms in total. The highest BCUT2D eigenvalue weighted by Crippen LogP contribution is 2.15. The first kappa shape index (κ1) is 29.7. The van der Waals surface area contributed by atoms with Crippen molar-refractivity contribution >= 4 is 23.0 Å². The average molecular weight is 457 g/mol. The molecule has 180 valence electrons. The third kappa shape index (κ3) is 10.7. The van der Waals surface area contributed by atoms with Crippen LogP contribution in [0.2, 0.25) is 0 Å². The molecule has 7 heteroatoms. The zero-order valence-electron chi connectivity index (χ0n) is 20.3. The molecule has 0 aliphatic rings. The lowest BCUT2D eigenvalue weighted by Crippen LogP contribution is -2.17. The van der Waals surface area contributed by atoms with Crippen molar-refractivity contribution in [2.75, 3.05) is 6.54 Å². The average Bonchev–Trinajstić information content (AvgIpc) is 3.34. The molecule has 0 spiro atoms. The highest BCUT2D eigenvalue weighted by Gasteiger charge is 2.04. The van der Waals surface area contributed by atoms with E-state index in [1.807, 2.05) is 52.9 Å². The van der Waals surface area contributed by atoms with Crippen molar-refractivity contribution in [3.8, 4) is 0 Å². The summed E-state index contributed by atoms with van der Waals surface area (Å²) in [5, 5.41) is 12.8. The number of H-pyrrole nitrogens is 1. The number of hydrogen-bond donors (Lipinski definition) is 4. The minimum atomic E-state index is -0.706. The molecule has 0 saturated carbocycles. The lowest BCUT2D eigenvalue weighted by atomic mass is 10.1. The standard InChI is InChI=1S/C19H19FN4O2.C3H6.2C2H6/c20-17-11-13(1-2-15(17)3-4-18(25)24-26)12-21-8-5-14-6-9-22-19-16(14)7-10-23-19;1-3-2;2*1-2/h1-4,6-7,9-11,21,26H,5,8,12H2,(H,22,23)(H,24,25);3H,1H2,2H3;2*1-2H3/b4-3+;;;. The summed E-state index contributed by atoms with van der Waals surface area (Å²) in [7, 11) is 0. The lowest BCUT2D eigenvalue weighted by Gasteiger charge is -2.07. The van der Waals surface area contributed by atoms with Gasteiger partial charge in [0.25, 0.3) is 5.91 Å². The summed E-state index contributed by atoms with van der Waals surface area (Å²) < 4.78 is 14.0. The smallest absolute Gasteiger partial charge is 0.267 e. The number of nitrogens with one attached hydrogen (secondary N) is 3. The van der Waals surface area contributed by atoms with Crippen LogP contribution in [-0.4, -0.2) is 27.6 Å². The van der Waals surface area contributed by atoms with E-state index in [2.05, 4.69) is 21.9 Å². The summed E-state index contributed by atoms with van der Waals surface area (Å²) in [6.07, 6.45) is 8.62. The number of hydroxylamine groups is 1. The maximum absolute atomic E-state index is 14.0. The Morgan fingerprint density at radius 1 is 1.21 bits per heavy atom. The molecule has 0 fully saturated rings. The van der Waals surface area contributed by atoms with Crippen molar-refractivity contribution < 1.29 is 14.4 Å². The van der Waals surface area contributed by atoms with E-state index >= 15 is 0 Å². The number of aromatic nitrogens is 2. The molecular formula is C26H37FN4O2. The SMILES string of the molecule is C=CC.CC.CC.O=C(/C=C/c1ccc(CNCCc2ccnc3[nH]ccc23)cc1F)NO. The first-order chi connectivity index (χ1) is 16.1. The van der Waals surface area contributed by atoms with E-state index in [0.717, 1.165) is 35.6 Å². The van der Waals surface area contributed by atoms with Gasteiger partial charge in [-0.2, -0.15) is 0 Å². The highest BCUT2D eigenvalue weighted by atomic mass is 19.1. The number of carbonyl (C=O) groups excluding carboxylic acids is 1. The lowest BCUT2D eigenvalue weighted by molar-refractivity contribution is -0.124. The van der Waals surface area contributed by atoms with Gasteiger partial charge >= 0.3 is 0 Å². The second-order valence-electron chi connectivity index (χ2n) is 6.21. The maximum Gasteiger partial charge on any atom is 0.267 e. The summed E-state index contributed by atoms with van der Waals surface area (Å²) in [6.45, 7) is 14.5. The molecule has 2 heterocycles. The van der Waals surface area contributed by atoms with Crippen molar-refractivity contribution in [3.63, 3.8) is 0 Å². The maximum atomic E-state index is 14.0. The summed E-state index contributed by atoms with van der Waals surface area (Å²) >= 11 is 0. The molecule has 4 N–H and O–H groups in total. The van der Waals surface area contributed by atoms with Crippen LogP contribution in [0, 0.1) is 5.82 Å². The zero-order valence-corrected chi connectivity index (χ0v) is 20.3. The van der Waals surface area contributed by atoms with Crippen molar-refractivity contribution in [2.45, 2.75) is 47.6 Å². The molecule has 0 bridgehead atoms. The Hall–Kier alpha value is -3.29. The van der Waals surface area contributed by atoms with Crippen molar-refractivity contribution in [1.29, 1.82) is 0 Å². The van der Waals surface area contributed by atoms with E-state index in [-0.39, 0.29) is 5.56 Å². The van der Waals surface area contributed by atoms with Crippen LogP contribution in [0.3, 0.4) is 0 Å². The minimum Gasteiger partial charge on any atom is -0.346 e. The Morgan fingerprint density at radius 2 is 1.91 bits per heavy atom. The normalized spacial score (nSPS) is 9.67. The third-order valence-electron chi connectivity index (χ3n) is 4.04. The quantitative estimate of drug-likeness (QED) is 0.119. The van der Waals surface area contributed by atoms with Gasteiger partial charge in [-0.05, 0) is 55.3 Å². The highest BCUT2D eigenvalue weighted by molar-refractivity contribution is 5.90. The topological polar surface area (TPSA) is 90.0 Å². The van der Waals surface area contributed by atoms with Crippen LogP contribution >= 0.6 is 0 Å². The first-order valence-corrected chi connectivity index (χ1v) is 11.2. The van der Waals surface area contributed by atoms with E-state index in [1.165, 1.54) is 23.2 Å². The van der Waals surface area contributed by atoms with Crippen molar-refractivity contribution in [1.82, 2.24) is 20.8 Å². The number of pyridine rings is 1. The van der Waals surface area contributed by atoms with Gasteiger partial charge in [-0.25, -0.2) is 14.9 Å². The van der Waals surface area contributed by atoms with Crippen molar-refractivity contribution in [2.24, 2.45) is 0 Å². The van der Waals surface area contributed by atoms with Gasteiger partial charge in [-0.1, -0.05) is 45.9 Å². The van der Waals surface area contributed by atoms with E-state index < -0.39 is 11.7 Å². The molecule has 2 aromatic heterocycles. The van der Waals surface area contributed by atoms with Crippen LogP contribution in [0.25, 0.3) is 17.1 Å². The Labute approximate surface area is 196 Å². The van der Waals surface area contributed by atoms with Gasteiger partial charge in [0, 0.05) is 36.0 Å². The van der Waals surface area contributed by atoms with E-state index in [1.54, 1.807) is 24.4 Å². The Bertz CT molecular complexity index is 983. The largest absolute Gasteiger partial charge is 0.346 e. The number of halogens is 1. The molecular weight excluding hydrogens is 419 g/mol. The van der Waals surface area contributed by atoms with Gasteiger partial charge < -0.3 is 10.3 Å². The first-order valence-electron chi connectivity index (χ1n) is 11.2. The van der Waals surface area contributed by atoms with Crippen LogP contribution in [0.4, 0.5) is 4.39 Å². The zero-order chi connectivity index (χ0) is 25.1. The van der Waals surface area contributed by atoms with Crippen LogP contribution in [-0.2, 0) is 17.8 Å². The number of hydrogen-bond acceptors (Lipinski definition) is 4. The van der Waals surface area contributed by atoms with Crippen LogP contribution in [0.15, 0.2) is 61.5 Å². The molecule has 0 unspecified atom stereocenters. The van der Waals surface area contributed by atoms with Crippen LogP contribution < -0.4 is 10.8 Å². The van der Waals surface area contributed by atoms with Gasteiger partial charge in [0.1, 0.15) is 11.5 Å². The fraction of sp³-hybridized carbons (Fsp3) is 0.308. The van der Waals surface area contributed by atoms with Gasteiger partial charge in [-0.15, -0.1) is 6.58 Å². The molecule has 3 aromatic rings. The summed E-state index contributed by atoms with van der Waals surface area (Å²) in [6, 6.07) is 8.83. The number of fused-ring (bicyclic) bond motifs is 1. The molecule has 0 aliphatic carbocycles. The number of rotatable bonds is 7. The number of carbonyl (C=O) groups is 1. The molecule has 0 radical (unpaired) electrons. The predicted molar refractivity (Wildman–Crippen MR) is 135 cm³/mol. The number of amides is 1. The van der Waals surface area contributed by atoms with E-state index in [9.17, 15) is 9.18 Å². The number of allylic oxidation sites excluding steroid dienone is 1. The number of aromatic amines is 1. The van der Waals surface area contributed by atoms with Gasteiger partial charge in [0.05, 0.1) is 0 Å². The van der Waals surface area contributed by atoms with Gasteiger partial charge in [0.2, 0.25) is 0 Å². The molecule has 0 saturated heterocycles. The van der Waals surface area contributed by atoms with Crippen molar-refractivity contribution in [3.05, 3.63) is 84.0 Å². The number of nitrogens with zero attached hydrogens (tertiary/aromatic N) is 1. The Kier molecular flexibility index (Phi) is 16.5. The summed E-state index contributed by atoms with van der Waals surface area (Å²) in [4.78, 5) is 18.3. The molecule has 1 amide bonds. The number of benzene rings is 1. The summed E-state index contributed by atoms with van der Waals surface area (Å²) in [5.74, 6) is -1.13.